The molecule has 0 bridgehead atoms. The lowest BCUT2D eigenvalue weighted by Crippen LogP contribution is -2.91. The Bertz CT molecular complexity index is 632. The Hall–Kier alpha value is -2.40. The molecule has 1 heterocycles. The van der Waals surface area contributed by atoms with Gasteiger partial charge in [0.25, 0.3) is 5.91 Å². The number of carbonyl (C=O) groups is 2. The second kappa shape index (κ2) is 7.04. The van der Waals surface area contributed by atoms with E-state index in [2.05, 4.69) is 5.32 Å². The first-order valence-corrected chi connectivity index (χ1v) is 7.27. The molecule has 0 fully saturated rings. The number of anilines is 1. The maximum atomic E-state index is 12.2. The molecule has 0 aliphatic heterocycles. The van der Waals surface area contributed by atoms with E-state index < -0.39 is 0 Å². The van der Waals surface area contributed by atoms with Gasteiger partial charge in [-0.3, -0.25) is 9.59 Å². The van der Waals surface area contributed by atoms with E-state index in [9.17, 15) is 9.59 Å². The van der Waals surface area contributed by atoms with Gasteiger partial charge in [0.2, 0.25) is 0 Å². The fraction of sp³-hybridized carbons (Fsp3) is 0.294. The number of furan rings is 1. The molecule has 0 radical (unpaired) electrons. The lowest BCUT2D eigenvalue weighted by atomic mass is 10.1. The van der Waals surface area contributed by atoms with Gasteiger partial charge in [-0.1, -0.05) is 0 Å². The first-order chi connectivity index (χ1) is 10.5. The van der Waals surface area contributed by atoms with Crippen molar-refractivity contribution in [3.63, 3.8) is 0 Å². The van der Waals surface area contributed by atoms with Crippen LogP contribution in [0, 0.1) is 0 Å². The molecule has 3 N–H and O–H groups in total. The first kappa shape index (κ1) is 16.0. The molecular formula is C17H21N2O3+. The molecule has 2 rings (SSSR count). The molecule has 0 unspecified atom stereocenters. The zero-order chi connectivity index (χ0) is 16.1. The van der Waals surface area contributed by atoms with Gasteiger partial charge >= 0.3 is 0 Å². The summed E-state index contributed by atoms with van der Waals surface area (Å²) < 4.78 is 5.33. The quantitative estimate of drug-likeness (QED) is 0.803. The number of amides is 1. The highest BCUT2D eigenvalue weighted by molar-refractivity contribution is 5.96. The Morgan fingerprint density at radius 3 is 2.36 bits per heavy atom. The standard InChI is InChI=1S/C17H20N2O3/c1-11(16-5-4-10-22-16)18-12(2)17(21)19-15-8-6-14(7-9-15)13(3)20/h4-12,18H,1-3H3,(H,19,21)/p+1/t11-,12-/m1/s1. The molecule has 5 heteroatoms. The Labute approximate surface area is 129 Å². The topological polar surface area (TPSA) is 75.9 Å². The third kappa shape index (κ3) is 4.05. The minimum atomic E-state index is -0.257. The Balaban J connectivity index is 1.92. The van der Waals surface area contributed by atoms with E-state index in [1.165, 1.54) is 6.92 Å². The molecule has 116 valence electrons. The van der Waals surface area contributed by atoms with Gasteiger partial charge in [-0.2, -0.15) is 0 Å². The Morgan fingerprint density at radius 2 is 1.82 bits per heavy atom. The fourth-order valence-corrected chi connectivity index (χ4v) is 2.21. The number of ketones is 1. The van der Waals surface area contributed by atoms with Gasteiger partial charge in [-0.25, -0.2) is 0 Å². The minimum absolute atomic E-state index is 0.00634. The molecule has 0 aliphatic carbocycles. The molecule has 5 nitrogen and oxygen atoms in total. The van der Waals surface area contributed by atoms with Crippen LogP contribution < -0.4 is 10.6 Å². The highest BCUT2D eigenvalue weighted by Crippen LogP contribution is 2.11. The van der Waals surface area contributed by atoms with E-state index in [-0.39, 0.29) is 23.8 Å². The lowest BCUT2D eigenvalue weighted by molar-refractivity contribution is -0.711. The molecule has 22 heavy (non-hydrogen) atoms. The van der Waals surface area contributed by atoms with Gasteiger partial charge in [0.05, 0.1) is 6.26 Å². The van der Waals surface area contributed by atoms with Crippen LogP contribution in [0.2, 0.25) is 0 Å². The summed E-state index contributed by atoms with van der Waals surface area (Å²) in [5.74, 6) is 0.756. The Morgan fingerprint density at radius 1 is 1.14 bits per heavy atom. The van der Waals surface area contributed by atoms with Gasteiger partial charge in [0.1, 0.15) is 6.04 Å². The molecule has 1 aromatic heterocycles. The molecule has 1 amide bonds. The zero-order valence-electron chi connectivity index (χ0n) is 13.0. The number of hydrogen-bond acceptors (Lipinski definition) is 3. The van der Waals surface area contributed by atoms with Crippen molar-refractivity contribution in [1.29, 1.82) is 0 Å². The van der Waals surface area contributed by atoms with Crippen LogP contribution in [-0.4, -0.2) is 17.7 Å². The molecule has 0 saturated carbocycles. The number of nitrogens with two attached hydrogens (primary N) is 1. The minimum Gasteiger partial charge on any atom is -0.463 e. The number of rotatable bonds is 6. The van der Waals surface area contributed by atoms with Crippen LogP contribution in [-0.2, 0) is 4.79 Å². The highest BCUT2D eigenvalue weighted by Gasteiger charge is 2.21. The maximum absolute atomic E-state index is 12.2. The Kier molecular flexibility index (Phi) is 5.12. The number of nitrogens with one attached hydrogen (secondary N) is 1. The van der Waals surface area contributed by atoms with E-state index in [0.29, 0.717) is 11.3 Å². The van der Waals surface area contributed by atoms with Crippen LogP contribution in [0.4, 0.5) is 5.69 Å². The normalized spacial score (nSPS) is 13.4. The van der Waals surface area contributed by atoms with E-state index in [1.54, 1.807) is 30.5 Å². The van der Waals surface area contributed by atoms with Crippen molar-refractivity contribution in [1.82, 2.24) is 0 Å². The molecule has 0 spiro atoms. The molecular weight excluding hydrogens is 280 g/mol. The lowest BCUT2D eigenvalue weighted by Gasteiger charge is -2.15. The van der Waals surface area contributed by atoms with E-state index in [4.69, 9.17) is 4.42 Å². The predicted molar refractivity (Wildman–Crippen MR) is 83.6 cm³/mol. The number of benzene rings is 1. The summed E-state index contributed by atoms with van der Waals surface area (Å²) in [7, 11) is 0. The average Bonchev–Trinajstić information content (AvgIpc) is 3.02. The van der Waals surface area contributed by atoms with Crippen LogP contribution >= 0.6 is 0 Å². The van der Waals surface area contributed by atoms with Crippen LogP contribution in [0.15, 0.2) is 47.1 Å². The van der Waals surface area contributed by atoms with Crippen LogP contribution in [0.1, 0.15) is 42.9 Å². The summed E-state index contributed by atoms with van der Waals surface area (Å²) in [5.41, 5.74) is 1.31. The van der Waals surface area contributed by atoms with Gasteiger partial charge < -0.3 is 15.1 Å². The van der Waals surface area contributed by atoms with Crippen molar-refractivity contribution in [2.75, 3.05) is 5.32 Å². The average molecular weight is 301 g/mol. The van der Waals surface area contributed by atoms with Crippen molar-refractivity contribution in [3.05, 3.63) is 54.0 Å². The van der Waals surface area contributed by atoms with Gasteiger partial charge in [-0.05, 0) is 57.2 Å². The molecule has 2 atom stereocenters. The zero-order valence-corrected chi connectivity index (χ0v) is 13.0. The summed E-state index contributed by atoms with van der Waals surface area (Å²) in [6.45, 7) is 5.35. The molecule has 2 aromatic rings. The largest absolute Gasteiger partial charge is 0.463 e. The number of quaternary nitrogens is 1. The number of Topliss-reactive ketones (excluding diaryl/α,β-unsaturated/α-hetero) is 1. The molecule has 0 saturated heterocycles. The summed E-state index contributed by atoms with van der Waals surface area (Å²) in [6, 6.07) is 10.4. The summed E-state index contributed by atoms with van der Waals surface area (Å²) >= 11 is 0. The fourth-order valence-electron chi connectivity index (χ4n) is 2.21. The summed E-state index contributed by atoms with van der Waals surface area (Å²) in [5, 5.41) is 4.79. The summed E-state index contributed by atoms with van der Waals surface area (Å²) in [4.78, 5) is 23.4. The van der Waals surface area contributed by atoms with Crippen molar-refractivity contribution >= 4 is 17.4 Å². The molecule has 0 aliphatic rings. The van der Waals surface area contributed by atoms with Crippen molar-refractivity contribution in [2.45, 2.75) is 32.9 Å². The van der Waals surface area contributed by atoms with Crippen LogP contribution in [0.25, 0.3) is 0 Å². The third-order valence-electron chi connectivity index (χ3n) is 3.54. The van der Waals surface area contributed by atoms with E-state index in [1.807, 2.05) is 31.3 Å². The van der Waals surface area contributed by atoms with Gasteiger partial charge in [-0.15, -0.1) is 0 Å². The predicted octanol–water partition coefficient (Wildman–Crippen LogP) is 2.13. The maximum Gasteiger partial charge on any atom is 0.282 e. The van der Waals surface area contributed by atoms with Crippen LogP contribution in [0.5, 0.6) is 0 Å². The van der Waals surface area contributed by atoms with E-state index in [0.717, 1.165) is 5.76 Å². The summed E-state index contributed by atoms with van der Waals surface area (Å²) in [6.07, 6.45) is 1.63. The van der Waals surface area contributed by atoms with Crippen molar-refractivity contribution in [3.8, 4) is 0 Å². The smallest absolute Gasteiger partial charge is 0.282 e. The highest BCUT2D eigenvalue weighted by atomic mass is 16.3. The number of hydrogen-bond donors (Lipinski definition) is 2. The number of carbonyl (C=O) groups excluding carboxylic acids is 2. The van der Waals surface area contributed by atoms with Crippen LogP contribution in [0.3, 0.4) is 0 Å². The van der Waals surface area contributed by atoms with Crippen molar-refractivity contribution < 1.29 is 19.3 Å². The monoisotopic (exact) mass is 301 g/mol. The van der Waals surface area contributed by atoms with Gasteiger partial charge in [0.15, 0.2) is 17.6 Å². The second-order valence-electron chi connectivity index (χ2n) is 5.41. The first-order valence-electron chi connectivity index (χ1n) is 7.27. The van der Waals surface area contributed by atoms with Crippen molar-refractivity contribution in [2.24, 2.45) is 0 Å². The van der Waals surface area contributed by atoms with E-state index >= 15 is 0 Å². The molecule has 1 aromatic carbocycles. The second-order valence-corrected chi connectivity index (χ2v) is 5.41. The third-order valence-corrected chi connectivity index (χ3v) is 3.54. The SMILES string of the molecule is CC(=O)c1ccc(NC(=O)[C@@H](C)[NH2+][C@H](C)c2ccco2)cc1. The van der Waals surface area contributed by atoms with Gasteiger partial charge in [0, 0.05) is 11.3 Å².